The van der Waals surface area contributed by atoms with E-state index in [-0.39, 0.29) is 5.91 Å². The molecule has 94 valence electrons. The number of hydrogen-bond acceptors (Lipinski definition) is 4. The molecule has 0 spiro atoms. The summed E-state index contributed by atoms with van der Waals surface area (Å²) in [7, 11) is 5.04. The number of likely N-dealkylation sites (N-methyl/N-ethyl adjacent to an activating group) is 1. The molecule has 6 heteroatoms. The minimum absolute atomic E-state index is 0.0935. The summed E-state index contributed by atoms with van der Waals surface area (Å²) in [4.78, 5) is 23.5. The lowest BCUT2D eigenvalue weighted by Gasteiger charge is -2.21. The monoisotopic (exact) mass is 265 g/mol. The van der Waals surface area contributed by atoms with Crippen LogP contribution in [-0.2, 0) is 9.59 Å². The van der Waals surface area contributed by atoms with Gasteiger partial charge in [-0.05, 0) is 26.0 Å². The summed E-state index contributed by atoms with van der Waals surface area (Å²) in [6.45, 7) is 1.52. The second-order valence-corrected chi connectivity index (χ2v) is 6.15. The lowest BCUT2D eigenvalue weighted by Crippen LogP contribution is -2.40. The second-order valence-electron chi connectivity index (χ2n) is 3.46. The molecule has 0 aliphatic carbocycles. The van der Waals surface area contributed by atoms with Crippen LogP contribution in [0.1, 0.15) is 26.2 Å². The third kappa shape index (κ3) is 6.27. The fourth-order valence-corrected chi connectivity index (χ4v) is 2.42. The molecule has 1 N–H and O–H groups in total. The van der Waals surface area contributed by atoms with Gasteiger partial charge >= 0.3 is 5.97 Å². The zero-order valence-electron chi connectivity index (χ0n) is 9.93. The lowest BCUT2D eigenvalue weighted by atomic mass is 10.2. The highest BCUT2D eigenvalue weighted by Crippen LogP contribution is 2.18. The van der Waals surface area contributed by atoms with Crippen molar-refractivity contribution in [2.45, 2.75) is 32.2 Å². The lowest BCUT2D eigenvalue weighted by molar-refractivity contribution is -0.148. The number of aliphatic carboxylic acids is 1. The zero-order chi connectivity index (χ0) is 12.6. The van der Waals surface area contributed by atoms with E-state index in [1.165, 1.54) is 18.9 Å². The van der Waals surface area contributed by atoms with Gasteiger partial charge in [0.2, 0.25) is 5.91 Å². The molecule has 0 bridgehead atoms. The average molecular weight is 265 g/mol. The van der Waals surface area contributed by atoms with Gasteiger partial charge in [0.25, 0.3) is 0 Å². The molecule has 0 heterocycles. The first-order valence-corrected chi connectivity index (χ1v) is 7.87. The molecule has 0 saturated heterocycles. The van der Waals surface area contributed by atoms with E-state index in [2.05, 4.69) is 0 Å². The largest absolute Gasteiger partial charge is 0.480 e. The summed E-state index contributed by atoms with van der Waals surface area (Å²) in [6.07, 6.45) is 4.27. The first kappa shape index (κ1) is 15.6. The van der Waals surface area contributed by atoms with E-state index in [4.69, 9.17) is 5.11 Å². The van der Waals surface area contributed by atoms with Gasteiger partial charge in [-0.25, -0.2) is 4.79 Å². The molecule has 4 nitrogen and oxygen atoms in total. The number of amides is 1. The number of carboxylic acids is 1. The van der Waals surface area contributed by atoms with Crippen LogP contribution in [0.25, 0.3) is 0 Å². The minimum atomic E-state index is -0.964. The molecule has 0 radical (unpaired) electrons. The van der Waals surface area contributed by atoms with Crippen LogP contribution in [0.2, 0.25) is 0 Å². The first-order valence-electron chi connectivity index (χ1n) is 5.14. The molecular weight excluding hydrogens is 246 g/mol. The van der Waals surface area contributed by atoms with E-state index in [9.17, 15) is 9.59 Å². The SMILES string of the molecule is CSSCCCCC(=O)N(C)[C@@H](C)C(=O)O. The maximum Gasteiger partial charge on any atom is 0.326 e. The van der Waals surface area contributed by atoms with Gasteiger partial charge in [0.05, 0.1) is 0 Å². The smallest absolute Gasteiger partial charge is 0.326 e. The minimum Gasteiger partial charge on any atom is -0.480 e. The number of hydrogen-bond donors (Lipinski definition) is 1. The van der Waals surface area contributed by atoms with Crippen LogP contribution in [0, 0.1) is 0 Å². The highest BCUT2D eigenvalue weighted by molar-refractivity contribution is 8.76. The van der Waals surface area contributed by atoms with E-state index in [1.54, 1.807) is 21.6 Å². The van der Waals surface area contributed by atoms with E-state index in [0.717, 1.165) is 18.6 Å². The molecule has 0 aliphatic rings. The quantitative estimate of drug-likeness (QED) is 0.538. The summed E-state index contributed by atoms with van der Waals surface area (Å²) in [5.41, 5.74) is 0. The van der Waals surface area contributed by atoms with Crippen LogP contribution in [0.3, 0.4) is 0 Å². The van der Waals surface area contributed by atoms with Crippen molar-refractivity contribution in [3.63, 3.8) is 0 Å². The third-order valence-electron chi connectivity index (χ3n) is 2.32. The summed E-state index contributed by atoms with van der Waals surface area (Å²) in [5.74, 6) is -0.0232. The fourth-order valence-electron chi connectivity index (χ4n) is 1.08. The van der Waals surface area contributed by atoms with E-state index < -0.39 is 12.0 Å². The third-order valence-corrected chi connectivity index (χ3v) is 4.22. The van der Waals surface area contributed by atoms with Crippen molar-refractivity contribution in [2.24, 2.45) is 0 Å². The Kier molecular flexibility index (Phi) is 8.56. The number of carbonyl (C=O) groups excluding carboxylic acids is 1. The molecule has 0 aliphatic heterocycles. The summed E-state index contributed by atoms with van der Waals surface area (Å²) in [5, 5.41) is 8.74. The molecule has 0 rings (SSSR count). The topological polar surface area (TPSA) is 57.6 Å². The average Bonchev–Trinajstić information content (AvgIpc) is 2.26. The van der Waals surface area contributed by atoms with E-state index >= 15 is 0 Å². The number of rotatable bonds is 8. The highest BCUT2D eigenvalue weighted by atomic mass is 33.1. The van der Waals surface area contributed by atoms with Gasteiger partial charge in [0.1, 0.15) is 6.04 Å². The molecular formula is C10H19NO3S2. The van der Waals surface area contributed by atoms with Crippen LogP contribution in [0.4, 0.5) is 0 Å². The number of carboxylic acid groups (broad SMARTS) is 1. The van der Waals surface area contributed by atoms with Crippen LogP contribution in [0.15, 0.2) is 0 Å². The molecule has 1 atom stereocenters. The first-order chi connectivity index (χ1) is 7.50. The van der Waals surface area contributed by atoms with Gasteiger partial charge in [-0.3, -0.25) is 4.79 Å². The van der Waals surface area contributed by atoms with Gasteiger partial charge < -0.3 is 10.0 Å². The predicted octanol–water partition coefficient (Wildman–Crippen LogP) is 2.10. The molecule has 1 amide bonds. The fraction of sp³-hybridized carbons (Fsp3) is 0.800. The Morgan fingerprint density at radius 1 is 1.38 bits per heavy atom. The zero-order valence-corrected chi connectivity index (χ0v) is 11.6. The predicted molar refractivity (Wildman–Crippen MR) is 69.7 cm³/mol. The van der Waals surface area contributed by atoms with Crippen molar-refractivity contribution in [1.29, 1.82) is 0 Å². The summed E-state index contributed by atoms with van der Waals surface area (Å²) >= 11 is 0. The molecule has 16 heavy (non-hydrogen) atoms. The standard InChI is InChI=1S/C10H19NO3S2/c1-8(10(13)14)11(2)9(12)6-4-5-7-16-15-3/h8H,4-7H2,1-3H3,(H,13,14)/t8-/m0/s1. The van der Waals surface area contributed by atoms with Crippen molar-refractivity contribution >= 4 is 33.5 Å². The van der Waals surface area contributed by atoms with Gasteiger partial charge in [0.15, 0.2) is 0 Å². The van der Waals surface area contributed by atoms with Crippen molar-refractivity contribution in [3.05, 3.63) is 0 Å². The Balaban J connectivity index is 3.75. The van der Waals surface area contributed by atoms with Crippen molar-refractivity contribution in [3.8, 4) is 0 Å². The molecule has 0 saturated carbocycles. The maximum atomic E-state index is 11.6. The van der Waals surface area contributed by atoms with Crippen molar-refractivity contribution in [1.82, 2.24) is 4.90 Å². The van der Waals surface area contributed by atoms with E-state index in [0.29, 0.717) is 6.42 Å². The number of unbranched alkanes of at least 4 members (excludes halogenated alkanes) is 1. The maximum absolute atomic E-state index is 11.6. The van der Waals surface area contributed by atoms with Crippen molar-refractivity contribution < 1.29 is 14.7 Å². The van der Waals surface area contributed by atoms with Crippen LogP contribution in [-0.4, -0.2) is 47.0 Å². The molecule has 0 aromatic rings. The molecule has 0 fully saturated rings. The van der Waals surface area contributed by atoms with Gasteiger partial charge in [0, 0.05) is 19.2 Å². The van der Waals surface area contributed by atoms with Gasteiger partial charge in [-0.15, -0.1) is 0 Å². The van der Waals surface area contributed by atoms with Crippen LogP contribution >= 0.6 is 21.6 Å². The van der Waals surface area contributed by atoms with Crippen LogP contribution in [0.5, 0.6) is 0 Å². The van der Waals surface area contributed by atoms with Gasteiger partial charge in [-0.2, -0.15) is 0 Å². The van der Waals surface area contributed by atoms with Crippen molar-refractivity contribution in [2.75, 3.05) is 19.1 Å². The van der Waals surface area contributed by atoms with Gasteiger partial charge in [-0.1, -0.05) is 21.6 Å². The summed E-state index contributed by atoms with van der Waals surface area (Å²) in [6, 6.07) is -0.743. The summed E-state index contributed by atoms with van der Waals surface area (Å²) < 4.78 is 0. The van der Waals surface area contributed by atoms with E-state index in [1.807, 2.05) is 6.26 Å². The number of carbonyl (C=O) groups is 2. The highest BCUT2D eigenvalue weighted by Gasteiger charge is 2.20. The Labute approximate surface area is 105 Å². The number of nitrogens with zero attached hydrogens (tertiary/aromatic N) is 1. The second kappa shape index (κ2) is 8.75. The Bertz CT molecular complexity index is 236. The molecule has 0 aromatic heterocycles. The molecule has 0 unspecified atom stereocenters. The molecule has 0 aromatic carbocycles. The Morgan fingerprint density at radius 3 is 2.50 bits per heavy atom. The normalized spacial score (nSPS) is 12.2. The Morgan fingerprint density at radius 2 is 2.00 bits per heavy atom. The Hall–Kier alpha value is -0.360. The van der Waals surface area contributed by atoms with Crippen LogP contribution < -0.4 is 0 Å².